The quantitative estimate of drug-likeness (QED) is 0.738. The van der Waals surface area contributed by atoms with Gasteiger partial charge in [-0.2, -0.15) is 0 Å². The number of carbonyl (C=O) groups is 2. The molecule has 0 spiro atoms. The van der Waals surface area contributed by atoms with Crippen molar-refractivity contribution in [1.82, 2.24) is 4.90 Å². The van der Waals surface area contributed by atoms with Crippen molar-refractivity contribution in [3.63, 3.8) is 0 Å². The summed E-state index contributed by atoms with van der Waals surface area (Å²) in [6.45, 7) is 2.01. The van der Waals surface area contributed by atoms with Crippen LogP contribution in [0.4, 0.5) is 0 Å². The van der Waals surface area contributed by atoms with E-state index in [9.17, 15) is 18.0 Å². The van der Waals surface area contributed by atoms with E-state index in [-0.39, 0.29) is 18.1 Å². The van der Waals surface area contributed by atoms with Crippen molar-refractivity contribution in [1.29, 1.82) is 0 Å². The van der Waals surface area contributed by atoms with E-state index in [4.69, 9.17) is 5.11 Å². The van der Waals surface area contributed by atoms with Gasteiger partial charge in [0, 0.05) is 26.4 Å². The molecule has 1 aromatic rings. The SMILES string of the molecule is CCS(=O)(=O)c1ccc(CCC(=O)N(C)CCCC(=O)O)cc1. The normalized spacial score (nSPS) is 11.2. The lowest BCUT2D eigenvalue weighted by Crippen LogP contribution is -2.28. The first-order valence-corrected chi connectivity index (χ1v) is 9.19. The van der Waals surface area contributed by atoms with Gasteiger partial charge in [0.25, 0.3) is 0 Å². The van der Waals surface area contributed by atoms with E-state index in [1.807, 2.05) is 0 Å². The number of hydrogen-bond acceptors (Lipinski definition) is 4. The number of carboxylic acid groups (broad SMARTS) is 1. The molecule has 1 N–H and O–H groups in total. The lowest BCUT2D eigenvalue weighted by molar-refractivity contribution is -0.138. The second-order valence-electron chi connectivity index (χ2n) is 5.36. The van der Waals surface area contributed by atoms with Gasteiger partial charge < -0.3 is 10.0 Å². The molecule has 0 aliphatic carbocycles. The van der Waals surface area contributed by atoms with Crippen molar-refractivity contribution in [2.75, 3.05) is 19.3 Å². The van der Waals surface area contributed by atoms with Gasteiger partial charge in [-0.15, -0.1) is 0 Å². The summed E-state index contributed by atoms with van der Waals surface area (Å²) in [5, 5.41) is 8.57. The summed E-state index contributed by atoms with van der Waals surface area (Å²) < 4.78 is 23.4. The topological polar surface area (TPSA) is 91.8 Å². The summed E-state index contributed by atoms with van der Waals surface area (Å²) in [4.78, 5) is 24.2. The molecule has 1 rings (SSSR count). The van der Waals surface area contributed by atoms with Gasteiger partial charge in [-0.05, 0) is 30.5 Å². The molecule has 0 aromatic heterocycles. The molecule has 0 aliphatic rings. The van der Waals surface area contributed by atoms with Crippen LogP contribution in [0.3, 0.4) is 0 Å². The van der Waals surface area contributed by atoms with Gasteiger partial charge in [-0.25, -0.2) is 8.42 Å². The third kappa shape index (κ3) is 6.40. The van der Waals surface area contributed by atoms with E-state index in [1.54, 1.807) is 38.2 Å². The zero-order valence-corrected chi connectivity index (χ0v) is 14.3. The predicted octanol–water partition coefficient (Wildman–Crippen LogP) is 1.74. The maximum absolute atomic E-state index is 11.9. The fraction of sp³-hybridized carbons (Fsp3) is 0.500. The Labute approximate surface area is 137 Å². The van der Waals surface area contributed by atoms with E-state index >= 15 is 0 Å². The van der Waals surface area contributed by atoms with Crippen LogP contribution in [0, 0.1) is 0 Å². The number of carboxylic acids is 1. The smallest absolute Gasteiger partial charge is 0.303 e. The minimum atomic E-state index is -3.20. The summed E-state index contributed by atoms with van der Waals surface area (Å²) in [7, 11) is -1.55. The highest BCUT2D eigenvalue weighted by molar-refractivity contribution is 7.91. The Bertz CT molecular complexity index is 637. The van der Waals surface area contributed by atoms with Crippen LogP contribution in [0.1, 0.15) is 31.7 Å². The van der Waals surface area contributed by atoms with E-state index in [2.05, 4.69) is 0 Å². The van der Waals surface area contributed by atoms with Gasteiger partial charge in [0.15, 0.2) is 9.84 Å². The van der Waals surface area contributed by atoms with Crippen LogP contribution < -0.4 is 0 Å². The number of nitrogens with zero attached hydrogens (tertiary/aromatic N) is 1. The van der Waals surface area contributed by atoms with Crippen molar-refractivity contribution in [3.8, 4) is 0 Å². The lowest BCUT2D eigenvalue weighted by atomic mass is 10.1. The fourth-order valence-electron chi connectivity index (χ4n) is 2.06. The Morgan fingerprint density at radius 3 is 2.26 bits per heavy atom. The summed E-state index contributed by atoms with van der Waals surface area (Å²) >= 11 is 0. The van der Waals surface area contributed by atoms with Crippen molar-refractivity contribution in [2.45, 2.75) is 37.5 Å². The second-order valence-corrected chi connectivity index (χ2v) is 7.64. The van der Waals surface area contributed by atoms with Crippen molar-refractivity contribution < 1.29 is 23.1 Å². The van der Waals surface area contributed by atoms with E-state index < -0.39 is 15.8 Å². The first-order valence-electron chi connectivity index (χ1n) is 7.53. The van der Waals surface area contributed by atoms with Gasteiger partial charge in [0.1, 0.15) is 0 Å². The molecule has 128 valence electrons. The molecule has 7 heteroatoms. The predicted molar refractivity (Wildman–Crippen MR) is 87.0 cm³/mol. The van der Waals surface area contributed by atoms with E-state index in [0.29, 0.717) is 30.7 Å². The number of aryl methyl sites for hydroxylation is 1. The molecule has 0 saturated heterocycles. The molecule has 0 atom stereocenters. The van der Waals surface area contributed by atoms with Gasteiger partial charge >= 0.3 is 5.97 Å². The molecular formula is C16H23NO5S. The van der Waals surface area contributed by atoms with Crippen LogP contribution in [-0.4, -0.2) is 49.6 Å². The van der Waals surface area contributed by atoms with Crippen LogP contribution in [0.2, 0.25) is 0 Å². The first kappa shape index (κ1) is 19.2. The second kappa shape index (κ2) is 8.67. The van der Waals surface area contributed by atoms with Gasteiger partial charge in [0.2, 0.25) is 5.91 Å². The largest absolute Gasteiger partial charge is 0.481 e. The fourth-order valence-corrected chi connectivity index (χ4v) is 2.95. The van der Waals surface area contributed by atoms with Crippen LogP contribution in [0.5, 0.6) is 0 Å². The van der Waals surface area contributed by atoms with Crippen LogP contribution in [0.15, 0.2) is 29.2 Å². The number of hydrogen-bond donors (Lipinski definition) is 1. The lowest BCUT2D eigenvalue weighted by Gasteiger charge is -2.16. The van der Waals surface area contributed by atoms with Crippen LogP contribution in [0.25, 0.3) is 0 Å². The van der Waals surface area contributed by atoms with Gasteiger partial charge in [0.05, 0.1) is 10.6 Å². The summed E-state index contributed by atoms with van der Waals surface area (Å²) in [6.07, 6.45) is 1.31. The Hall–Kier alpha value is -1.89. The molecule has 0 saturated carbocycles. The maximum Gasteiger partial charge on any atom is 0.303 e. The monoisotopic (exact) mass is 341 g/mol. The Morgan fingerprint density at radius 2 is 1.74 bits per heavy atom. The average molecular weight is 341 g/mol. The van der Waals surface area contributed by atoms with Crippen molar-refractivity contribution in [2.24, 2.45) is 0 Å². The maximum atomic E-state index is 11.9. The molecule has 23 heavy (non-hydrogen) atoms. The third-order valence-corrected chi connectivity index (χ3v) is 5.35. The highest BCUT2D eigenvalue weighted by Crippen LogP contribution is 2.13. The minimum Gasteiger partial charge on any atom is -0.481 e. The highest BCUT2D eigenvalue weighted by Gasteiger charge is 2.12. The highest BCUT2D eigenvalue weighted by atomic mass is 32.2. The Balaban J connectivity index is 2.48. The number of carbonyl (C=O) groups excluding carboxylic acids is 1. The Kier molecular flexibility index (Phi) is 7.22. The molecule has 0 bridgehead atoms. The standard InChI is InChI=1S/C16H23NO5S/c1-3-23(21,22)14-9-6-13(7-10-14)8-11-15(18)17(2)12-4-5-16(19)20/h6-7,9-10H,3-5,8,11-12H2,1-2H3,(H,19,20). The minimum absolute atomic E-state index is 0.0466. The third-order valence-electron chi connectivity index (χ3n) is 3.60. The molecule has 1 amide bonds. The van der Waals surface area contributed by atoms with Crippen LogP contribution >= 0.6 is 0 Å². The summed E-state index contributed by atoms with van der Waals surface area (Å²) in [5.41, 5.74) is 0.896. The molecule has 6 nitrogen and oxygen atoms in total. The molecule has 0 radical (unpaired) electrons. The molecular weight excluding hydrogens is 318 g/mol. The Morgan fingerprint density at radius 1 is 1.13 bits per heavy atom. The number of aliphatic carboxylic acids is 1. The van der Waals surface area contributed by atoms with E-state index in [0.717, 1.165) is 5.56 Å². The molecule has 0 aliphatic heterocycles. The summed E-state index contributed by atoms with van der Waals surface area (Å²) in [6, 6.07) is 6.57. The van der Waals surface area contributed by atoms with Crippen molar-refractivity contribution in [3.05, 3.63) is 29.8 Å². The molecule has 0 heterocycles. The molecule has 0 fully saturated rings. The summed E-state index contributed by atoms with van der Waals surface area (Å²) in [5.74, 6) is -0.861. The van der Waals surface area contributed by atoms with Gasteiger partial charge in [-0.3, -0.25) is 9.59 Å². The van der Waals surface area contributed by atoms with Crippen molar-refractivity contribution >= 4 is 21.7 Å². The number of sulfone groups is 1. The zero-order valence-electron chi connectivity index (χ0n) is 13.5. The van der Waals surface area contributed by atoms with Gasteiger partial charge in [-0.1, -0.05) is 19.1 Å². The van der Waals surface area contributed by atoms with E-state index in [1.165, 1.54) is 4.90 Å². The number of amides is 1. The number of benzene rings is 1. The van der Waals surface area contributed by atoms with Crippen LogP contribution in [-0.2, 0) is 25.8 Å². The molecule has 0 unspecified atom stereocenters. The number of rotatable bonds is 9. The zero-order chi connectivity index (χ0) is 17.5. The first-order chi connectivity index (χ1) is 10.8. The average Bonchev–Trinajstić information content (AvgIpc) is 2.52. The molecule has 1 aromatic carbocycles.